The molecular formula is C19H23N3O2. The molecule has 0 bridgehead atoms. The first kappa shape index (κ1) is 16.4. The summed E-state index contributed by atoms with van der Waals surface area (Å²) in [6, 6.07) is 11.9. The molecule has 5 heteroatoms. The van der Waals surface area contributed by atoms with Crippen molar-refractivity contribution in [2.24, 2.45) is 7.05 Å². The summed E-state index contributed by atoms with van der Waals surface area (Å²) in [4.78, 5) is 2.42. The van der Waals surface area contributed by atoms with Gasteiger partial charge in [-0.2, -0.15) is 5.26 Å². The van der Waals surface area contributed by atoms with Crippen LogP contribution in [0.1, 0.15) is 24.1 Å². The Kier molecular flexibility index (Phi) is 5.07. The maximum absolute atomic E-state index is 9.04. The van der Waals surface area contributed by atoms with E-state index < -0.39 is 0 Å². The predicted octanol–water partition coefficient (Wildman–Crippen LogP) is 2.95. The second-order valence-corrected chi connectivity index (χ2v) is 6.23. The maximum Gasteiger partial charge on any atom is 0.120 e. The van der Waals surface area contributed by atoms with Gasteiger partial charge in [0.1, 0.15) is 29.4 Å². The molecule has 5 nitrogen and oxygen atoms in total. The second-order valence-electron chi connectivity index (χ2n) is 6.23. The van der Waals surface area contributed by atoms with E-state index >= 15 is 0 Å². The van der Waals surface area contributed by atoms with Crippen molar-refractivity contribution in [3.05, 3.63) is 47.8 Å². The maximum atomic E-state index is 9.04. The molecule has 1 saturated heterocycles. The van der Waals surface area contributed by atoms with Crippen LogP contribution in [0.5, 0.6) is 11.5 Å². The van der Waals surface area contributed by atoms with Crippen molar-refractivity contribution in [1.82, 2.24) is 9.47 Å². The van der Waals surface area contributed by atoms with E-state index in [2.05, 4.69) is 11.0 Å². The minimum Gasteiger partial charge on any atom is -0.497 e. The third-order valence-corrected chi connectivity index (χ3v) is 4.48. The molecule has 1 aliphatic rings. The molecule has 1 aromatic carbocycles. The normalized spacial score (nSPS) is 15.9. The molecule has 1 fully saturated rings. The fraction of sp³-hybridized carbons (Fsp3) is 0.421. The first-order valence-electron chi connectivity index (χ1n) is 8.26. The van der Waals surface area contributed by atoms with Gasteiger partial charge in [-0.3, -0.25) is 4.90 Å². The lowest BCUT2D eigenvalue weighted by atomic mass is 10.1. The summed E-state index contributed by atoms with van der Waals surface area (Å²) in [6.07, 6.45) is 4.34. The number of hydrogen-bond donors (Lipinski definition) is 0. The molecule has 0 radical (unpaired) electrons. The van der Waals surface area contributed by atoms with E-state index in [4.69, 9.17) is 14.7 Å². The zero-order chi connectivity index (χ0) is 16.9. The molecule has 0 spiro atoms. The zero-order valence-corrected chi connectivity index (χ0v) is 14.2. The topological polar surface area (TPSA) is 50.4 Å². The third-order valence-electron chi connectivity index (χ3n) is 4.48. The van der Waals surface area contributed by atoms with Gasteiger partial charge in [0.15, 0.2) is 0 Å². The molecule has 0 atom stereocenters. The summed E-state index contributed by atoms with van der Waals surface area (Å²) in [6.45, 7) is 2.92. The number of aryl methyl sites for hydroxylation is 1. The lowest BCUT2D eigenvalue weighted by molar-refractivity contribution is 0.0967. The summed E-state index contributed by atoms with van der Waals surface area (Å²) >= 11 is 0. The number of hydrogen-bond acceptors (Lipinski definition) is 4. The third kappa shape index (κ3) is 3.90. The smallest absolute Gasteiger partial charge is 0.120 e. The average Bonchev–Trinajstić information content (AvgIpc) is 2.97. The summed E-state index contributed by atoms with van der Waals surface area (Å²) in [5, 5.41) is 9.04. The monoisotopic (exact) mass is 325 g/mol. The van der Waals surface area contributed by atoms with Gasteiger partial charge in [-0.15, -0.1) is 0 Å². The highest BCUT2D eigenvalue weighted by molar-refractivity contribution is 5.31. The van der Waals surface area contributed by atoms with Crippen LogP contribution in [0.15, 0.2) is 36.5 Å². The summed E-state index contributed by atoms with van der Waals surface area (Å²) in [5.74, 6) is 1.74. The van der Waals surface area contributed by atoms with Crippen LogP contribution in [-0.4, -0.2) is 35.8 Å². The van der Waals surface area contributed by atoms with Crippen LogP contribution in [0.3, 0.4) is 0 Å². The number of benzene rings is 1. The fourth-order valence-corrected chi connectivity index (χ4v) is 3.12. The van der Waals surface area contributed by atoms with Gasteiger partial charge in [0.25, 0.3) is 0 Å². The van der Waals surface area contributed by atoms with Gasteiger partial charge in [-0.25, -0.2) is 0 Å². The number of piperidine rings is 1. The number of ether oxygens (including phenoxy) is 2. The molecule has 0 unspecified atom stereocenters. The van der Waals surface area contributed by atoms with Crippen LogP contribution < -0.4 is 9.47 Å². The first-order chi connectivity index (χ1) is 11.7. The molecule has 0 aliphatic carbocycles. The number of rotatable bonds is 5. The molecule has 3 rings (SSSR count). The van der Waals surface area contributed by atoms with Crippen molar-refractivity contribution in [2.75, 3.05) is 20.2 Å². The van der Waals surface area contributed by atoms with Gasteiger partial charge >= 0.3 is 0 Å². The Morgan fingerprint density at radius 2 is 1.83 bits per heavy atom. The van der Waals surface area contributed by atoms with Crippen LogP contribution in [0, 0.1) is 11.3 Å². The Bertz CT molecular complexity index is 707. The Labute approximate surface area is 143 Å². The van der Waals surface area contributed by atoms with Gasteiger partial charge < -0.3 is 14.0 Å². The molecule has 1 aromatic heterocycles. The zero-order valence-electron chi connectivity index (χ0n) is 14.2. The van der Waals surface area contributed by atoms with Gasteiger partial charge in [-0.05, 0) is 48.7 Å². The Balaban J connectivity index is 1.49. The van der Waals surface area contributed by atoms with Crippen LogP contribution >= 0.6 is 0 Å². The molecule has 0 amide bonds. The molecule has 126 valence electrons. The SMILES string of the molecule is COc1ccc(OC2CCN(Cc3cc(C#N)n(C)c3)CC2)cc1. The van der Waals surface area contributed by atoms with E-state index in [9.17, 15) is 0 Å². The fourth-order valence-electron chi connectivity index (χ4n) is 3.12. The lowest BCUT2D eigenvalue weighted by Gasteiger charge is -2.32. The van der Waals surface area contributed by atoms with Gasteiger partial charge in [0, 0.05) is 32.9 Å². The summed E-state index contributed by atoms with van der Waals surface area (Å²) in [5.41, 5.74) is 1.91. The molecular weight excluding hydrogens is 302 g/mol. The first-order valence-corrected chi connectivity index (χ1v) is 8.26. The largest absolute Gasteiger partial charge is 0.497 e. The number of nitriles is 1. The van der Waals surface area contributed by atoms with E-state index in [-0.39, 0.29) is 6.10 Å². The molecule has 2 aromatic rings. The second kappa shape index (κ2) is 7.41. The van der Waals surface area contributed by atoms with E-state index in [0.717, 1.165) is 44.0 Å². The van der Waals surface area contributed by atoms with Crippen LogP contribution in [0.2, 0.25) is 0 Å². The van der Waals surface area contributed by atoms with Crippen molar-refractivity contribution in [3.8, 4) is 17.6 Å². The van der Waals surface area contributed by atoms with Crippen molar-refractivity contribution in [2.45, 2.75) is 25.5 Å². The minimum atomic E-state index is 0.264. The summed E-state index contributed by atoms with van der Waals surface area (Å²) in [7, 11) is 3.58. The van der Waals surface area contributed by atoms with Crippen LogP contribution in [0.4, 0.5) is 0 Å². The Morgan fingerprint density at radius 1 is 1.17 bits per heavy atom. The van der Waals surface area contributed by atoms with Crippen LogP contribution in [0.25, 0.3) is 0 Å². The van der Waals surface area contributed by atoms with Gasteiger partial charge in [0.05, 0.1) is 7.11 Å². The van der Waals surface area contributed by atoms with Crippen LogP contribution in [-0.2, 0) is 13.6 Å². The highest BCUT2D eigenvalue weighted by atomic mass is 16.5. The highest BCUT2D eigenvalue weighted by Gasteiger charge is 2.21. The van der Waals surface area contributed by atoms with Gasteiger partial charge in [0.2, 0.25) is 0 Å². The Hall–Kier alpha value is -2.45. The number of likely N-dealkylation sites (tertiary alicyclic amines) is 1. The van der Waals surface area contributed by atoms with E-state index in [1.807, 2.05) is 48.1 Å². The Morgan fingerprint density at radius 3 is 2.42 bits per heavy atom. The van der Waals surface area contributed by atoms with Crippen molar-refractivity contribution < 1.29 is 9.47 Å². The van der Waals surface area contributed by atoms with E-state index in [1.54, 1.807) is 7.11 Å². The molecule has 0 N–H and O–H groups in total. The van der Waals surface area contributed by atoms with Crippen molar-refractivity contribution >= 4 is 0 Å². The molecule has 1 aliphatic heterocycles. The highest BCUT2D eigenvalue weighted by Crippen LogP contribution is 2.22. The number of methoxy groups -OCH3 is 1. The average molecular weight is 325 g/mol. The standard InChI is InChI=1S/C19H23N3O2/c1-21-13-15(11-16(21)12-20)14-22-9-7-19(8-10-22)24-18-5-3-17(23-2)4-6-18/h3-6,11,13,19H,7-10,14H2,1-2H3. The molecule has 0 saturated carbocycles. The lowest BCUT2D eigenvalue weighted by Crippen LogP contribution is -2.37. The number of aromatic nitrogens is 1. The van der Waals surface area contributed by atoms with E-state index in [0.29, 0.717) is 5.69 Å². The quantitative estimate of drug-likeness (QED) is 0.848. The summed E-state index contributed by atoms with van der Waals surface area (Å²) < 4.78 is 13.1. The minimum absolute atomic E-state index is 0.264. The predicted molar refractivity (Wildman–Crippen MR) is 92.0 cm³/mol. The number of nitrogens with zero attached hydrogens (tertiary/aromatic N) is 3. The molecule has 24 heavy (non-hydrogen) atoms. The van der Waals surface area contributed by atoms with Gasteiger partial charge in [-0.1, -0.05) is 0 Å². The van der Waals surface area contributed by atoms with Crippen molar-refractivity contribution in [3.63, 3.8) is 0 Å². The van der Waals surface area contributed by atoms with E-state index in [1.165, 1.54) is 5.56 Å². The molecule has 2 heterocycles. The van der Waals surface area contributed by atoms with Crippen molar-refractivity contribution in [1.29, 1.82) is 5.26 Å².